The second-order valence-electron chi connectivity index (χ2n) is 14.0. The minimum absolute atomic E-state index is 0.166. The molecule has 0 atom stereocenters. The molecule has 1 N–H and O–H groups in total. The van der Waals surface area contributed by atoms with E-state index in [1.54, 1.807) is 73.8 Å². The van der Waals surface area contributed by atoms with Crippen LogP contribution >= 0.6 is 0 Å². The summed E-state index contributed by atoms with van der Waals surface area (Å²) in [5.41, 5.74) is 2.36. The minimum atomic E-state index is -0.451. The zero-order chi connectivity index (χ0) is 40.3. The molecular formula is C44H49N5O8. The molecule has 13 heteroatoms. The monoisotopic (exact) mass is 775 g/mol. The fourth-order valence-electron chi connectivity index (χ4n) is 6.85. The molecule has 2 aliphatic heterocycles. The molecule has 0 saturated carbocycles. The van der Waals surface area contributed by atoms with Gasteiger partial charge in [0.25, 0.3) is 23.6 Å². The molecule has 5 amide bonds. The van der Waals surface area contributed by atoms with Crippen molar-refractivity contribution in [3.05, 3.63) is 113 Å². The van der Waals surface area contributed by atoms with Gasteiger partial charge in [-0.15, -0.1) is 0 Å². The average molecular weight is 776 g/mol. The van der Waals surface area contributed by atoms with Crippen molar-refractivity contribution in [2.75, 3.05) is 77.4 Å². The van der Waals surface area contributed by atoms with E-state index in [1.807, 2.05) is 29.2 Å². The summed E-state index contributed by atoms with van der Waals surface area (Å²) >= 11 is 0. The maximum atomic E-state index is 13.7. The number of nitrogens with one attached hydrogen (secondary N) is 1. The lowest BCUT2D eigenvalue weighted by molar-refractivity contribution is -0.132. The van der Waals surface area contributed by atoms with Gasteiger partial charge in [-0.3, -0.25) is 28.9 Å². The SMILES string of the molecule is COc1cc(C(=O)N(C)c2ccccc2OCCCCCC(=O)N2CCN(C)CC2)ccc1NC(=O)c1ccccc1OCCCN1C(=O)c2ccccc2C1=O. The number of imide groups is 1. The largest absolute Gasteiger partial charge is 0.495 e. The topological polar surface area (TPSA) is 138 Å². The first-order valence-electron chi connectivity index (χ1n) is 19.3. The maximum absolute atomic E-state index is 13.7. The van der Waals surface area contributed by atoms with E-state index in [4.69, 9.17) is 14.2 Å². The van der Waals surface area contributed by atoms with Crippen LogP contribution in [0, 0.1) is 0 Å². The van der Waals surface area contributed by atoms with E-state index in [2.05, 4.69) is 17.3 Å². The highest BCUT2D eigenvalue weighted by atomic mass is 16.5. The molecule has 6 rings (SSSR count). The van der Waals surface area contributed by atoms with Crippen molar-refractivity contribution in [3.8, 4) is 17.2 Å². The van der Waals surface area contributed by atoms with Crippen LogP contribution in [-0.2, 0) is 4.79 Å². The van der Waals surface area contributed by atoms with Crippen LogP contribution < -0.4 is 24.4 Å². The van der Waals surface area contributed by atoms with Crippen LogP contribution in [0.4, 0.5) is 11.4 Å². The number of ether oxygens (including phenoxy) is 3. The Morgan fingerprint density at radius 2 is 1.35 bits per heavy atom. The molecule has 4 aromatic carbocycles. The number of para-hydroxylation sites is 3. The molecule has 0 spiro atoms. The van der Waals surface area contributed by atoms with Crippen LogP contribution in [-0.4, -0.2) is 111 Å². The van der Waals surface area contributed by atoms with Gasteiger partial charge in [0.2, 0.25) is 5.91 Å². The van der Waals surface area contributed by atoms with E-state index in [9.17, 15) is 24.0 Å². The number of anilines is 2. The van der Waals surface area contributed by atoms with Gasteiger partial charge in [-0.25, -0.2) is 0 Å². The third-order valence-electron chi connectivity index (χ3n) is 10.2. The lowest BCUT2D eigenvalue weighted by Crippen LogP contribution is -2.47. The van der Waals surface area contributed by atoms with Gasteiger partial charge in [-0.1, -0.05) is 36.4 Å². The molecule has 0 unspecified atom stereocenters. The molecule has 13 nitrogen and oxygen atoms in total. The summed E-state index contributed by atoms with van der Waals surface area (Å²) in [7, 11) is 5.20. The predicted octanol–water partition coefficient (Wildman–Crippen LogP) is 6.00. The summed E-state index contributed by atoms with van der Waals surface area (Å²) in [5, 5.41) is 2.86. The first-order chi connectivity index (χ1) is 27.7. The number of methoxy groups -OCH3 is 1. The number of benzene rings is 4. The van der Waals surface area contributed by atoms with Crippen molar-refractivity contribution in [1.29, 1.82) is 0 Å². The third-order valence-corrected chi connectivity index (χ3v) is 10.2. The fraction of sp³-hybridized carbons (Fsp3) is 0.341. The van der Waals surface area contributed by atoms with Crippen LogP contribution in [0.15, 0.2) is 91.0 Å². The fourth-order valence-corrected chi connectivity index (χ4v) is 6.85. The number of rotatable bonds is 17. The number of hydrogen-bond donors (Lipinski definition) is 1. The number of carbonyl (C=O) groups is 5. The van der Waals surface area contributed by atoms with Gasteiger partial charge in [-0.05, 0) is 87.3 Å². The van der Waals surface area contributed by atoms with E-state index in [1.165, 1.54) is 16.9 Å². The Morgan fingerprint density at radius 3 is 2.07 bits per heavy atom. The molecule has 57 heavy (non-hydrogen) atoms. The lowest BCUT2D eigenvalue weighted by Gasteiger charge is -2.32. The zero-order valence-corrected chi connectivity index (χ0v) is 32.7. The lowest BCUT2D eigenvalue weighted by atomic mass is 10.1. The summed E-state index contributed by atoms with van der Waals surface area (Å²) in [4.78, 5) is 72.1. The number of amides is 5. The Bertz CT molecular complexity index is 2060. The highest BCUT2D eigenvalue weighted by molar-refractivity contribution is 6.21. The van der Waals surface area contributed by atoms with Crippen LogP contribution in [0.25, 0.3) is 0 Å². The Balaban J connectivity index is 1.00. The number of carbonyl (C=O) groups excluding carboxylic acids is 5. The van der Waals surface area contributed by atoms with Gasteiger partial charge in [0.1, 0.15) is 17.2 Å². The quantitative estimate of drug-likeness (QED) is 0.101. The molecule has 2 heterocycles. The molecule has 1 saturated heterocycles. The Labute approximate surface area is 333 Å². The summed E-state index contributed by atoms with van der Waals surface area (Å²) < 4.78 is 17.6. The van der Waals surface area contributed by atoms with Crippen molar-refractivity contribution in [2.45, 2.75) is 32.1 Å². The predicted molar refractivity (Wildman–Crippen MR) is 217 cm³/mol. The van der Waals surface area contributed by atoms with Gasteiger partial charge < -0.3 is 34.2 Å². The van der Waals surface area contributed by atoms with Gasteiger partial charge in [0.05, 0.1) is 48.4 Å². The van der Waals surface area contributed by atoms with E-state index in [-0.39, 0.29) is 48.1 Å². The molecular weight excluding hydrogens is 727 g/mol. The first kappa shape index (κ1) is 40.5. The van der Waals surface area contributed by atoms with Crippen molar-refractivity contribution in [1.82, 2.24) is 14.7 Å². The Hall–Kier alpha value is -6.21. The summed E-state index contributed by atoms with van der Waals surface area (Å²) in [6.07, 6.45) is 3.35. The number of fused-ring (bicyclic) bond motifs is 1. The van der Waals surface area contributed by atoms with Crippen LogP contribution in [0.3, 0.4) is 0 Å². The summed E-state index contributed by atoms with van der Waals surface area (Å²) in [6.45, 7) is 4.20. The number of hydrogen-bond acceptors (Lipinski definition) is 9. The van der Waals surface area contributed by atoms with Gasteiger partial charge in [0, 0.05) is 51.8 Å². The molecule has 4 aromatic rings. The minimum Gasteiger partial charge on any atom is -0.495 e. The van der Waals surface area contributed by atoms with Crippen molar-refractivity contribution in [3.63, 3.8) is 0 Å². The highest BCUT2D eigenvalue weighted by Crippen LogP contribution is 2.32. The second-order valence-corrected chi connectivity index (χ2v) is 14.0. The maximum Gasteiger partial charge on any atom is 0.261 e. The number of nitrogens with zero attached hydrogens (tertiary/aromatic N) is 4. The molecule has 0 bridgehead atoms. The molecule has 1 fully saturated rings. The standard InChI is InChI=1S/C44H49N5O8/c1-46-24-26-48(27-25-46)40(50)20-5-4-12-28-57-38-19-11-9-17-36(38)47(2)42(52)31-21-22-35(39(30-31)55-3)45-41(51)34-16-8-10-18-37(34)56-29-13-23-49-43(53)32-14-6-7-15-33(32)44(49)54/h6-11,14-19,21-22,30H,4-5,12-13,20,23-29H2,1-3H3,(H,45,51). The smallest absolute Gasteiger partial charge is 0.261 e. The third kappa shape index (κ3) is 9.79. The normalized spacial score (nSPS) is 13.9. The van der Waals surface area contributed by atoms with Gasteiger partial charge >= 0.3 is 0 Å². The van der Waals surface area contributed by atoms with E-state index >= 15 is 0 Å². The second kappa shape index (κ2) is 19.1. The first-order valence-corrected chi connectivity index (χ1v) is 19.3. The van der Waals surface area contributed by atoms with Gasteiger partial charge in [-0.2, -0.15) is 0 Å². The van der Waals surface area contributed by atoms with Crippen LogP contribution in [0.5, 0.6) is 17.2 Å². The number of likely N-dealkylation sites (N-methyl/N-ethyl adjacent to an activating group) is 1. The summed E-state index contributed by atoms with van der Waals surface area (Å²) in [6, 6.07) is 25.6. The van der Waals surface area contributed by atoms with Crippen molar-refractivity contribution < 1.29 is 38.2 Å². The molecule has 0 aromatic heterocycles. The molecule has 0 radical (unpaired) electrons. The van der Waals surface area contributed by atoms with Gasteiger partial charge in [0.15, 0.2) is 0 Å². The molecule has 298 valence electrons. The molecule has 0 aliphatic carbocycles. The average Bonchev–Trinajstić information content (AvgIpc) is 3.48. The van der Waals surface area contributed by atoms with Crippen molar-refractivity contribution >= 4 is 40.9 Å². The van der Waals surface area contributed by atoms with E-state index in [0.717, 1.165) is 45.4 Å². The molecule has 2 aliphatic rings. The van der Waals surface area contributed by atoms with Crippen LogP contribution in [0.1, 0.15) is 73.5 Å². The summed E-state index contributed by atoms with van der Waals surface area (Å²) in [5.74, 6) is 0.00415. The van der Waals surface area contributed by atoms with E-state index in [0.29, 0.717) is 59.0 Å². The van der Waals surface area contributed by atoms with E-state index < -0.39 is 5.91 Å². The zero-order valence-electron chi connectivity index (χ0n) is 32.7. The van der Waals surface area contributed by atoms with Crippen molar-refractivity contribution in [2.24, 2.45) is 0 Å². The van der Waals surface area contributed by atoms with Crippen LogP contribution in [0.2, 0.25) is 0 Å². The number of piperazine rings is 1. The Kier molecular flexibility index (Phi) is 13.5. The number of unbranched alkanes of at least 4 members (excludes halogenated alkanes) is 2. The highest BCUT2D eigenvalue weighted by Gasteiger charge is 2.34. The Morgan fingerprint density at radius 1 is 0.719 bits per heavy atom.